The van der Waals surface area contributed by atoms with Crippen LogP contribution in [0.2, 0.25) is 0 Å². The summed E-state index contributed by atoms with van der Waals surface area (Å²) in [6, 6.07) is 5.88. The first-order valence-electron chi connectivity index (χ1n) is 5.22. The predicted octanol–water partition coefficient (Wildman–Crippen LogP) is 2.08. The summed E-state index contributed by atoms with van der Waals surface area (Å²) >= 11 is 0. The molecule has 0 saturated carbocycles. The van der Waals surface area contributed by atoms with E-state index in [2.05, 4.69) is 10.4 Å². The largest absolute Gasteiger partial charge is 0.379 e. The Morgan fingerprint density at radius 1 is 1.56 bits per heavy atom. The molecule has 1 aromatic carbocycles. The second-order valence-electron chi connectivity index (χ2n) is 3.76. The van der Waals surface area contributed by atoms with Gasteiger partial charge in [-0.1, -0.05) is 6.07 Å². The number of rotatable bonds is 4. The van der Waals surface area contributed by atoms with E-state index in [0.717, 1.165) is 0 Å². The fourth-order valence-electron chi connectivity index (χ4n) is 1.58. The van der Waals surface area contributed by atoms with Crippen LogP contribution in [-0.4, -0.2) is 14.7 Å². The molecule has 94 valence electrons. The van der Waals surface area contributed by atoms with Crippen LogP contribution in [-0.2, 0) is 13.6 Å². The number of nitrogens with one attached hydrogen (secondary N) is 1. The van der Waals surface area contributed by atoms with Gasteiger partial charge < -0.3 is 5.32 Å². The van der Waals surface area contributed by atoms with Crippen molar-refractivity contribution in [1.29, 1.82) is 0 Å². The van der Waals surface area contributed by atoms with Gasteiger partial charge in [0.2, 0.25) is 0 Å². The van der Waals surface area contributed by atoms with Crippen LogP contribution in [0.4, 0.5) is 15.8 Å². The number of hydrogen-bond donors (Lipinski definition) is 1. The summed E-state index contributed by atoms with van der Waals surface area (Å²) < 4.78 is 14.3. The van der Waals surface area contributed by atoms with Crippen LogP contribution in [0, 0.1) is 15.9 Å². The lowest BCUT2D eigenvalue weighted by atomic mass is 10.3. The minimum atomic E-state index is -0.490. The molecule has 0 fully saturated rings. The molecule has 0 spiro atoms. The van der Waals surface area contributed by atoms with Crippen LogP contribution in [0.3, 0.4) is 0 Å². The second-order valence-corrected chi connectivity index (χ2v) is 3.76. The van der Waals surface area contributed by atoms with Crippen molar-refractivity contribution in [3.05, 3.63) is 52.1 Å². The van der Waals surface area contributed by atoms with E-state index in [9.17, 15) is 14.5 Å². The Kier molecular flexibility index (Phi) is 3.22. The molecular formula is C11H11FN4O2. The molecule has 0 radical (unpaired) electrons. The number of halogens is 1. The zero-order valence-electron chi connectivity index (χ0n) is 9.63. The van der Waals surface area contributed by atoms with E-state index in [0.29, 0.717) is 11.4 Å². The molecule has 2 rings (SSSR count). The molecule has 1 aromatic heterocycles. The van der Waals surface area contributed by atoms with Gasteiger partial charge in [0, 0.05) is 12.7 Å². The van der Waals surface area contributed by atoms with Crippen molar-refractivity contribution >= 4 is 11.4 Å². The molecule has 2 aromatic rings. The molecule has 1 N–H and O–H groups in total. The maximum Gasteiger partial charge on any atom is 0.312 e. The average Bonchev–Trinajstić information content (AvgIpc) is 2.68. The summed E-state index contributed by atoms with van der Waals surface area (Å²) in [5, 5.41) is 17.6. The van der Waals surface area contributed by atoms with Gasteiger partial charge in [0.15, 0.2) is 5.69 Å². The quantitative estimate of drug-likeness (QED) is 0.666. The first-order valence-corrected chi connectivity index (χ1v) is 5.22. The van der Waals surface area contributed by atoms with Gasteiger partial charge in [-0.3, -0.25) is 14.8 Å². The maximum atomic E-state index is 12.9. The van der Waals surface area contributed by atoms with Crippen LogP contribution >= 0.6 is 0 Å². The van der Waals surface area contributed by atoms with Crippen molar-refractivity contribution in [3.8, 4) is 0 Å². The number of aromatic nitrogens is 2. The molecule has 0 aliphatic rings. The molecule has 0 aliphatic heterocycles. The van der Waals surface area contributed by atoms with E-state index >= 15 is 0 Å². The normalized spacial score (nSPS) is 10.3. The summed E-state index contributed by atoms with van der Waals surface area (Å²) in [5.41, 5.74) is 0.808. The summed E-state index contributed by atoms with van der Waals surface area (Å²) in [6.45, 7) is 0.167. The lowest BCUT2D eigenvalue weighted by Gasteiger charge is -2.03. The number of nitrogens with zero attached hydrogens (tertiary/aromatic N) is 3. The van der Waals surface area contributed by atoms with E-state index < -0.39 is 4.92 Å². The fraction of sp³-hybridized carbons (Fsp3) is 0.182. The van der Waals surface area contributed by atoms with E-state index in [1.54, 1.807) is 19.2 Å². The number of benzene rings is 1. The Labute approximate surface area is 102 Å². The third-order valence-corrected chi connectivity index (χ3v) is 2.36. The van der Waals surface area contributed by atoms with Crippen LogP contribution < -0.4 is 5.32 Å². The van der Waals surface area contributed by atoms with E-state index in [4.69, 9.17) is 0 Å². The Hall–Kier alpha value is -2.44. The molecular weight excluding hydrogens is 239 g/mol. The second kappa shape index (κ2) is 4.82. The van der Waals surface area contributed by atoms with Crippen molar-refractivity contribution in [2.24, 2.45) is 7.05 Å². The Balaban J connectivity index is 2.13. The summed E-state index contributed by atoms with van der Waals surface area (Å²) in [5.74, 6) is -0.365. The molecule has 0 amide bonds. The highest BCUT2D eigenvalue weighted by atomic mass is 19.1. The van der Waals surface area contributed by atoms with Gasteiger partial charge in [0.1, 0.15) is 12.0 Å². The number of anilines is 1. The van der Waals surface area contributed by atoms with Gasteiger partial charge in [-0.15, -0.1) is 0 Å². The summed E-state index contributed by atoms with van der Waals surface area (Å²) in [6.07, 6.45) is 1.34. The molecule has 0 atom stereocenters. The number of nitro groups is 1. The number of aryl methyl sites for hydroxylation is 1. The van der Waals surface area contributed by atoms with Crippen molar-refractivity contribution in [3.63, 3.8) is 0 Å². The molecule has 0 aliphatic carbocycles. The minimum Gasteiger partial charge on any atom is -0.379 e. The molecule has 0 unspecified atom stereocenters. The third-order valence-electron chi connectivity index (χ3n) is 2.36. The van der Waals surface area contributed by atoms with E-state index in [1.165, 1.54) is 23.0 Å². The van der Waals surface area contributed by atoms with Gasteiger partial charge in [0.25, 0.3) is 0 Å². The zero-order valence-corrected chi connectivity index (χ0v) is 9.63. The van der Waals surface area contributed by atoms with Crippen LogP contribution in [0.5, 0.6) is 0 Å². The highest BCUT2D eigenvalue weighted by Crippen LogP contribution is 2.18. The Morgan fingerprint density at radius 2 is 2.33 bits per heavy atom. The van der Waals surface area contributed by atoms with E-state index in [1.807, 2.05) is 0 Å². The third kappa shape index (κ3) is 2.62. The van der Waals surface area contributed by atoms with Gasteiger partial charge >= 0.3 is 5.69 Å². The number of hydrogen-bond acceptors (Lipinski definition) is 4. The fourth-order valence-corrected chi connectivity index (χ4v) is 1.58. The Morgan fingerprint density at radius 3 is 3.00 bits per heavy atom. The average molecular weight is 250 g/mol. The van der Waals surface area contributed by atoms with E-state index in [-0.39, 0.29) is 18.0 Å². The highest BCUT2D eigenvalue weighted by Gasteiger charge is 2.17. The summed E-state index contributed by atoms with van der Waals surface area (Å²) in [4.78, 5) is 10.3. The predicted molar refractivity (Wildman–Crippen MR) is 63.6 cm³/mol. The van der Waals surface area contributed by atoms with Crippen molar-refractivity contribution in [1.82, 2.24) is 9.78 Å². The van der Waals surface area contributed by atoms with Crippen molar-refractivity contribution < 1.29 is 9.31 Å². The molecule has 18 heavy (non-hydrogen) atoms. The zero-order chi connectivity index (χ0) is 13.1. The Bertz CT molecular complexity index is 582. The minimum absolute atomic E-state index is 0.0543. The standard InChI is InChI=1S/C11H11FN4O2/c1-15-7-11(16(17)18)10(14-15)6-13-9-4-2-3-8(12)5-9/h2-5,7,13H,6H2,1H3. The molecule has 6 nitrogen and oxygen atoms in total. The molecule has 1 heterocycles. The molecule has 0 saturated heterocycles. The van der Waals surface area contributed by atoms with Crippen molar-refractivity contribution in [2.75, 3.05) is 5.32 Å². The first-order chi connectivity index (χ1) is 8.56. The first kappa shape index (κ1) is 12.0. The maximum absolute atomic E-state index is 12.9. The van der Waals surface area contributed by atoms with Crippen molar-refractivity contribution in [2.45, 2.75) is 6.54 Å². The highest BCUT2D eigenvalue weighted by molar-refractivity contribution is 5.45. The van der Waals surface area contributed by atoms with Crippen LogP contribution in [0.15, 0.2) is 30.5 Å². The van der Waals surface area contributed by atoms with Gasteiger partial charge in [-0.25, -0.2) is 4.39 Å². The smallest absolute Gasteiger partial charge is 0.312 e. The SMILES string of the molecule is Cn1cc([N+](=O)[O-])c(CNc2cccc(F)c2)n1. The van der Waals surface area contributed by atoms with Gasteiger partial charge in [-0.05, 0) is 18.2 Å². The van der Waals surface area contributed by atoms with Crippen LogP contribution in [0.25, 0.3) is 0 Å². The van der Waals surface area contributed by atoms with Gasteiger partial charge in [0.05, 0.1) is 11.5 Å². The summed E-state index contributed by atoms with van der Waals surface area (Å²) in [7, 11) is 1.61. The monoisotopic (exact) mass is 250 g/mol. The lowest BCUT2D eigenvalue weighted by Crippen LogP contribution is -2.03. The molecule has 7 heteroatoms. The van der Waals surface area contributed by atoms with Crippen LogP contribution in [0.1, 0.15) is 5.69 Å². The molecule has 0 bridgehead atoms. The topological polar surface area (TPSA) is 73.0 Å². The van der Waals surface area contributed by atoms with Gasteiger partial charge in [-0.2, -0.15) is 5.10 Å². The lowest BCUT2D eigenvalue weighted by molar-refractivity contribution is -0.385.